The first-order valence-corrected chi connectivity index (χ1v) is 7.19. The van der Waals surface area contributed by atoms with Gasteiger partial charge in [-0.3, -0.25) is 9.59 Å². The third kappa shape index (κ3) is 2.85. The van der Waals surface area contributed by atoms with Gasteiger partial charge in [0, 0.05) is 30.9 Å². The van der Waals surface area contributed by atoms with Gasteiger partial charge in [-0.15, -0.1) is 0 Å². The van der Waals surface area contributed by atoms with Crippen LogP contribution in [0.1, 0.15) is 12.0 Å². The summed E-state index contributed by atoms with van der Waals surface area (Å²) in [6, 6.07) is 5.48. The number of nitrogens with two attached hydrogens (primary N) is 1. The van der Waals surface area contributed by atoms with Gasteiger partial charge in [0.05, 0.1) is 13.2 Å². The highest BCUT2D eigenvalue weighted by Gasteiger charge is 2.28. The third-order valence-corrected chi connectivity index (χ3v) is 3.96. The van der Waals surface area contributed by atoms with Crippen molar-refractivity contribution in [1.82, 2.24) is 4.90 Å². The fourth-order valence-corrected chi connectivity index (χ4v) is 2.80. The molecule has 3 rings (SSSR count). The average Bonchev–Trinajstić information content (AvgIpc) is 2.51. The van der Waals surface area contributed by atoms with Gasteiger partial charge in [0.15, 0.2) is 0 Å². The SMILES string of the molecule is Nc1ccc2c(c1)CCC(=O)N2CC(=O)N1CCOCC1. The number of hydrogen-bond acceptors (Lipinski definition) is 4. The third-order valence-electron chi connectivity index (χ3n) is 3.96. The zero-order valence-corrected chi connectivity index (χ0v) is 11.9. The molecule has 1 aromatic carbocycles. The predicted molar refractivity (Wildman–Crippen MR) is 78.9 cm³/mol. The molecule has 2 heterocycles. The Morgan fingerprint density at radius 2 is 2.00 bits per heavy atom. The first-order chi connectivity index (χ1) is 10.1. The molecule has 0 radical (unpaired) electrons. The van der Waals surface area contributed by atoms with Gasteiger partial charge in [-0.1, -0.05) is 0 Å². The first-order valence-electron chi connectivity index (χ1n) is 7.19. The molecule has 0 aliphatic carbocycles. The summed E-state index contributed by atoms with van der Waals surface area (Å²) in [5.74, 6) is -0.0368. The fraction of sp³-hybridized carbons (Fsp3) is 0.467. The van der Waals surface area contributed by atoms with Crippen molar-refractivity contribution >= 4 is 23.2 Å². The Kier molecular flexibility index (Phi) is 3.79. The van der Waals surface area contributed by atoms with Crippen molar-refractivity contribution in [3.63, 3.8) is 0 Å². The number of rotatable bonds is 2. The molecule has 1 fully saturated rings. The molecule has 112 valence electrons. The number of anilines is 2. The van der Waals surface area contributed by atoms with E-state index < -0.39 is 0 Å². The Morgan fingerprint density at radius 3 is 2.76 bits per heavy atom. The number of nitrogen functional groups attached to an aromatic ring is 1. The van der Waals surface area contributed by atoms with Crippen LogP contribution in [0.4, 0.5) is 11.4 Å². The number of carbonyl (C=O) groups excluding carboxylic acids is 2. The largest absolute Gasteiger partial charge is 0.399 e. The predicted octanol–water partition coefficient (Wildman–Crippen LogP) is 0.407. The van der Waals surface area contributed by atoms with Crippen molar-refractivity contribution in [2.24, 2.45) is 0 Å². The summed E-state index contributed by atoms with van der Waals surface area (Å²) in [4.78, 5) is 27.8. The van der Waals surface area contributed by atoms with E-state index in [1.165, 1.54) is 0 Å². The topological polar surface area (TPSA) is 75.9 Å². The van der Waals surface area contributed by atoms with Crippen molar-refractivity contribution in [3.05, 3.63) is 23.8 Å². The van der Waals surface area contributed by atoms with Crippen LogP contribution in [-0.4, -0.2) is 49.6 Å². The molecule has 0 aromatic heterocycles. The van der Waals surface area contributed by atoms with Crippen LogP contribution in [0, 0.1) is 0 Å². The minimum absolute atomic E-state index is 0.00567. The molecule has 2 amide bonds. The number of nitrogens with zero attached hydrogens (tertiary/aromatic N) is 2. The number of benzene rings is 1. The highest BCUT2D eigenvalue weighted by molar-refractivity contribution is 6.01. The molecular formula is C15H19N3O3. The van der Waals surface area contributed by atoms with E-state index in [9.17, 15) is 9.59 Å². The number of carbonyl (C=O) groups is 2. The Hall–Kier alpha value is -2.08. The summed E-state index contributed by atoms with van der Waals surface area (Å²) >= 11 is 0. The Labute approximate surface area is 123 Å². The van der Waals surface area contributed by atoms with Crippen LogP contribution < -0.4 is 10.6 Å². The molecule has 2 aliphatic rings. The van der Waals surface area contributed by atoms with Crippen molar-refractivity contribution in [1.29, 1.82) is 0 Å². The van der Waals surface area contributed by atoms with E-state index in [0.29, 0.717) is 44.8 Å². The number of morpholine rings is 1. The van der Waals surface area contributed by atoms with E-state index in [1.54, 1.807) is 15.9 Å². The second-order valence-corrected chi connectivity index (χ2v) is 5.36. The van der Waals surface area contributed by atoms with Gasteiger partial charge in [0.25, 0.3) is 0 Å². The van der Waals surface area contributed by atoms with Crippen molar-refractivity contribution in [3.8, 4) is 0 Å². The van der Waals surface area contributed by atoms with E-state index in [1.807, 2.05) is 12.1 Å². The summed E-state index contributed by atoms with van der Waals surface area (Å²) in [6.45, 7) is 2.40. The number of fused-ring (bicyclic) bond motifs is 1. The molecular weight excluding hydrogens is 270 g/mol. The van der Waals surface area contributed by atoms with Gasteiger partial charge in [0.2, 0.25) is 11.8 Å². The van der Waals surface area contributed by atoms with E-state index in [4.69, 9.17) is 10.5 Å². The second kappa shape index (κ2) is 5.73. The molecule has 1 aromatic rings. The van der Waals surface area contributed by atoms with Gasteiger partial charge in [-0.05, 0) is 30.2 Å². The van der Waals surface area contributed by atoms with Crippen LogP contribution in [0.5, 0.6) is 0 Å². The van der Waals surface area contributed by atoms with Gasteiger partial charge in [-0.25, -0.2) is 0 Å². The summed E-state index contributed by atoms with van der Waals surface area (Å²) in [5, 5.41) is 0. The molecule has 6 heteroatoms. The van der Waals surface area contributed by atoms with Gasteiger partial charge in [-0.2, -0.15) is 0 Å². The van der Waals surface area contributed by atoms with Crippen LogP contribution in [0.2, 0.25) is 0 Å². The molecule has 0 saturated carbocycles. The Balaban J connectivity index is 1.78. The number of ether oxygens (including phenoxy) is 1. The quantitative estimate of drug-likeness (QED) is 0.800. The summed E-state index contributed by atoms with van der Waals surface area (Å²) in [5.41, 5.74) is 8.31. The highest BCUT2D eigenvalue weighted by atomic mass is 16.5. The monoisotopic (exact) mass is 289 g/mol. The minimum atomic E-state index is -0.0312. The Bertz CT molecular complexity index is 567. The lowest BCUT2D eigenvalue weighted by molar-refractivity contribution is -0.135. The maximum Gasteiger partial charge on any atom is 0.242 e. The maximum atomic E-state index is 12.3. The highest BCUT2D eigenvalue weighted by Crippen LogP contribution is 2.29. The normalized spacial score (nSPS) is 18.6. The molecule has 0 atom stereocenters. The molecule has 21 heavy (non-hydrogen) atoms. The zero-order valence-electron chi connectivity index (χ0n) is 11.9. The smallest absolute Gasteiger partial charge is 0.242 e. The lowest BCUT2D eigenvalue weighted by Crippen LogP contribution is -2.48. The van der Waals surface area contributed by atoms with Crippen LogP contribution in [-0.2, 0) is 20.7 Å². The molecule has 6 nitrogen and oxygen atoms in total. The van der Waals surface area contributed by atoms with E-state index in [-0.39, 0.29) is 18.4 Å². The molecule has 2 aliphatic heterocycles. The molecule has 2 N–H and O–H groups in total. The lowest BCUT2D eigenvalue weighted by atomic mass is 10.0. The fourth-order valence-electron chi connectivity index (χ4n) is 2.80. The van der Waals surface area contributed by atoms with Crippen LogP contribution in [0.15, 0.2) is 18.2 Å². The second-order valence-electron chi connectivity index (χ2n) is 5.36. The average molecular weight is 289 g/mol. The summed E-state index contributed by atoms with van der Waals surface area (Å²) in [6.07, 6.45) is 1.11. The zero-order chi connectivity index (χ0) is 14.8. The molecule has 0 unspecified atom stereocenters. The van der Waals surface area contributed by atoms with Crippen LogP contribution in [0.25, 0.3) is 0 Å². The van der Waals surface area contributed by atoms with E-state index in [0.717, 1.165) is 11.3 Å². The molecule has 0 spiro atoms. The van der Waals surface area contributed by atoms with Crippen LogP contribution in [0.3, 0.4) is 0 Å². The van der Waals surface area contributed by atoms with Crippen molar-refractivity contribution < 1.29 is 14.3 Å². The van der Waals surface area contributed by atoms with Gasteiger partial charge < -0.3 is 20.3 Å². The number of amides is 2. The van der Waals surface area contributed by atoms with E-state index in [2.05, 4.69) is 0 Å². The Morgan fingerprint density at radius 1 is 1.24 bits per heavy atom. The van der Waals surface area contributed by atoms with Crippen molar-refractivity contribution in [2.75, 3.05) is 43.5 Å². The summed E-state index contributed by atoms with van der Waals surface area (Å²) in [7, 11) is 0. The number of hydrogen-bond donors (Lipinski definition) is 1. The number of aryl methyl sites for hydroxylation is 1. The van der Waals surface area contributed by atoms with Gasteiger partial charge in [0.1, 0.15) is 6.54 Å². The van der Waals surface area contributed by atoms with E-state index >= 15 is 0 Å². The van der Waals surface area contributed by atoms with Gasteiger partial charge >= 0.3 is 0 Å². The standard InChI is InChI=1S/C15H19N3O3/c16-12-2-3-13-11(9-12)1-4-14(19)18(13)10-15(20)17-5-7-21-8-6-17/h2-3,9H,1,4-8,10,16H2. The molecule has 0 bridgehead atoms. The first kappa shape index (κ1) is 13.9. The lowest BCUT2D eigenvalue weighted by Gasteiger charge is -2.32. The maximum absolute atomic E-state index is 12.3. The minimum Gasteiger partial charge on any atom is -0.399 e. The summed E-state index contributed by atoms with van der Waals surface area (Å²) < 4.78 is 5.24. The van der Waals surface area contributed by atoms with Crippen LogP contribution >= 0.6 is 0 Å². The van der Waals surface area contributed by atoms with Crippen molar-refractivity contribution in [2.45, 2.75) is 12.8 Å². The molecule has 1 saturated heterocycles.